The van der Waals surface area contributed by atoms with Crippen molar-refractivity contribution in [1.82, 2.24) is 9.88 Å². The highest BCUT2D eigenvalue weighted by molar-refractivity contribution is 7.16. The monoisotopic (exact) mass is 379 g/mol. The fraction of sp³-hybridized carbons (Fsp3) is 0.286. The van der Waals surface area contributed by atoms with E-state index in [0.29, 0.717) is 18.2 Å². The summed E-state index contributed by atoms with van der Waals surface area (Å²) in [5, 5.41) is 0.928. The van der Waals surface area contributed by atoms with Gasteiger partial charge in [-0.3, -0.25) is 4.90 Å². The predicted molar refractivity (Wildman–Crippen MR) is 106 cm³/mol. The molecule has 6 heteroatoms. The summed E-state index contributed by atoms with van der Waals surface area (Å²) in [5.74, 6) is 1.28. The minimum absolute atomic E-state index is 0.118. The first-order valence-electron chi connectivity index (χ1n) is 9.17. The summed E-state index contributed by atoms with van der Waals surface area (Å²) >= 11 is 1.72. The molecule has 0 amide bonds. The maximum absolute atomic E-state index is 5.99. The lowest BCUT2D eigenvalue weighted by Crippen LogP contribution is -2.29. The van der Waals surface area contributed by atoms with Gasteiger partial charge in [-0.05, 0) is 41.3 Å². The number of nitrogens with zero attached hydrogens (tertiary/aromatic N) is 2. The lowest BCUT2D eigenvalue weighted by atomic mass is 10.0. The van der Waals surface area contributed by atoms with Gasteiger partial charge in [-0.25, -0.2) is 4.98 Å². The standard InChI is InChI=1S/C21H21N3O2S/c22-20-10-16-7-9-24(12-19(16)27-20)11-14-3-5-15(6-4-14)18-13-25-17-2-1-8-23-21(17)26-18/h1-6,8,10,18H,7,9,11-13,22H2/t18-/m1/s1. The maximum Gasteiger partial charge on any atom is 0.257 e. The third kappa shape index (κ3) is 3.38. The molecule has 2 aliphatic rings. The van der Waals surface area contributed by atoms with Gasteiger partial charge in [-0.1, -0.05) is 24.3 Å². The minimum atomic E-state index is -0.118. The molecule has 0 saturated carbocycles. The Bertz CT molecular complexity index is 954. The molecule has 4 heterocycles. The molecule has 138 valence electrons. The number of hydrogen-bond donors (Lipinski definition) is 1. The molecule has 0 unspecified atom stereocenters. The van der Waals surface area contributed by atoms with E-state index in [1.54, 1.807) is 17.5 Å². The van der Waals surface area contributed by atoms with E-state index in [1.165, 1.54) is 16.0 Å². The average Bonchev–Trinajstić information content (AvgIpc) is 3.07. The second-order valence-corrected chi connectivity index (χ2v) is 8.19. The van der Waals surface area contributed by atoms with Gasteiger partial charge in [0.25, 0.3) is 5.88 Å². The number of ether oxygens (including phenoxy) is 2. The Labute approximate surface area is 162 Å². The van der Waals surface area contributed by atoms with E-state index in [-0.39, 0.29) is 6.10 Å². The number of rotatable bonds is 3. The zero-order valence-electron chi connectivity index (χ0n) is 14.9. The molecule has 0 bridgehead atoms. The van der Waals surface area contributed by atoms with E-state index in [0.717, 1.165) is 36.6 Å². The summed E-state index contributed by atoms with van der Waals surface area (Å²) in [6.07, 6.45) is 2.69. The lowest BCUT2D eigenvalue weighted by Gasteiger charge is -2.27. The van der Waals surface area contributed by atoms with Gasteiger partial charge in [0.2, 0.25) is 0 Å². The number of nitrogen functional groups attached to an aromatic ring is 1. The normalized spacial score (nSPS) is 18.9. The van der Waals surface area contributed by atoms with Gasteiger partial charge in [0.05, 0.1) is 5.00 Å². The average molecular weight is 379 g/mol. The molecule has 2 N–H and O–H groups in total. The molecule has 0 aliphatic carbocycles. The van der Waals surface area contributed by atoms with E-state index < -0.39 is 0 Å². The topological polar surface area (TPSA) is 60.6 Å². The second kappa shape index (κ2) is 6.87. The van der Waals surface area contributed by atoms with Crippen molar-refractivity contribution in [2.24, 2.45) is 0 Å². The Morgan fingerprint density at radius 1 is 1.22 bits per heavy atom. The Kier molecular flexibility index (Phi) is 4.22. The van der Waals surface area contributed by atoms with Crippen molar-refractivity contribution in [1.29, 1.82) is 0 Å². The Balaban J connectivity index is 1.25. The molecular formula is C21H21N3O2S. The van der Waals surface area contributed by atoms with Crippen LogP contribution in [0.5, 0.6) is 11.6 Å². The summed E-state index contributed by atoms with van der Waals surface area (Å²) < 4.78 is 11.8. The van der Waals surface area contributed by atoms with Gasteiger partial charge in [-0.15, -0.1) is 11.3 Å². The molecule has 0 radical (unpaired) electrons. The molecule has 2 aliphatic heterocycles. The highest BCUT2D eigenvalue weighted by atomic mass is 32.1. The Hall–Kier alpha value is -2.57. The van der Waals surface area contributed by atoms with Gasteiger partial charge in [-0.2, -0.15) is 0 Å². The first-order valence-corrected chi connectivity index (χ1v) is 9.99. The second-order valence-electron chi connectivity index (χ2n) is 7.02. The minimum Gasteiger partial charge on any atom is -0.484 e. The molecule has 1 aromatic carbocycles. The number of anilines is 1. The Morgan fingerprint density at radius 2 is 2.11 bits per heavy atom. The largest absolute Gasteiger partial charge is 0.484 e. The highest BCUT2D eigenvalue weighted by Crippen LogP contribution is 2.34. The van der Waals surface area contributed by atoms with Crippen LogP contribution in [-0.2, 0) is 19.5 Å². The third-order valence-electron chi connectivity index (χ3n) is 5.12. The number of aromatic nitrogens is 1. The van der Waals surface area contributed by atoms with Crippen LogP contribution in [0.4, 0.5) is 5.00 Å². The molecule has 5 rings (SSSR count). The molecule has 1 atom stereocenters. The van der Waals surface area contributed by atoms with Crippen molar-refractivity contribution in [2.45, 2.75) is 25.6 Å². The number of nitrogens with two attached hydrogens (primary N) is 1. The lowest BCUT2D eigenvalue weighted by molar-refractivity contribution is 0.0851. The molecular weight excluding hydrogens is 358 g/mol. The molecule has 0 fully saturated rings. The van der Waals surface area contributed by atoms with Gasteiger partial charge >= 0.3 is 0 Å². The number of fused-ring (bicyclic) bond motifs is 2. The maximum atomic E-state index is 5.99. The highest BCUT2D eigenvalue weighted by Gasteiger charge is 2.23. The van der Waals surface area contributed by atoms with E-state index in [4.69, 9.17) is 15.2 Å². The van der Waals surface area contributed by atoms with E-state index >= 15 is 0 Å². The van der Waals surface area contributed by atoms with Crippen molar-refractivity contribution in [3.8, 4) is 11.6 Å². The molecule has 0 spiro atoms. The third-order valence-corrected chi connectivity index (χ3v) is 6.11. The van der Waals surface area contributed by atoms with Crippen LogP contribution in [0.1, 0.15) is 27.7 Å². The van der Waals surface area contributed by atoms with Crippen molar-refractivity contribution in [2.75, 3.05) is 18.9 Å². The fourth-order valence-corrected chi connectivity index (χ4v) is 4.72. The van der Waals surface area contributed by atoms with Crippen LogP contribution < -0.4 is 15.2 Å². The van der Waals surface area contributed by atoms with Crippen LogP contribution in [0.3, 0.4) is 0 Å². The van der Waals surface area contributed by atoms with E-state index in [1.807, 2.05) is 12.1 Å². The SMILES string of the molecule is Nc1cc2c(s1)CN(Cc1ccc([C@H]3COc4cccnc4O3)cc1)CC2. The quantitative estimate of drug-likeness (QED) is 0.750. The van der Waals surface area contributed by atoms with Gasteiger partial charge in [0.1, 0.15) is 6.61 Å². The molecule has 3 aromatic rings. The molecule has 2 aromatic heterocycles. The van der Waals surface area contributed by atoms with Gasteiger partial charge in [0.15, 0.2) is 11.9 Å². The van der Waals surface area contributed by atoms with E-state index in [2.05, 4.69) is 40.2 Å². The smallest absolute Gasteiger partial charge is 0.257 e. The molecule has 27 heavy (non-hydrogen) atoms. The predicted octanol–water partition coefficient (Wildman–Crippen LogP) is 3.80. The van der Waals surface area contributed by atoms with Crippen LogP contribution in [0, 0.1) is 0 Å². The van der Waals surface area contributed by atoms with Crippen LogP contribution in [0.15, 0.2) is 48.7 Å². The van der Waals surface area contributed by atoms with Crippen molar-refractivity contribution >= 4 is 16.3 Å². The van der Waals surface area contributed by atoms with Crippen LogP contribution in [0.2, 0.25) is 0 Å². The summed E-state index contributed by atoms with van der Waals surface area (Å²) in [4.78, 5) is 8.14. The van der Waals surface area contributed by atoms with Crippen molar-refractivity contribution in [3.05, 3.63) is 70.2 Å². The number of thiophene rings is 1. The molecule has 5 nitrogen and oxygen atoms in total. The first-order chi connectivity index (χ1) is 13.2. The number of pyridine rings is 1. The van der Waals surface area contributed by atoms with Gasteiger partial charge < -0.3 is 15.2 Å². The summed E-state index contributed by atoms with van der Waals surface area (Å²) in [6, 6.07) is 14.5. The van der Waals surface area contributed by atoms with Crippen molar-refractivity contribution in [3.63, 3.8) is 0 Å². The summed E-state index contributed by atoms with van der Waals surface area (Å²) in [5.41, 5.74) is 9.79. The zero-order valence-corrected chi connectivity index (χ0v) is 15.7. The molecule has 0 saturated heterocycles. The fourth-order valence-electron chi connectivity index (χ4n) is 3.70. The first kappa shape index (κ1) is 16.6. The zero-order chi connectivity index (χ0) is 18.2. The van der Waals surface area contributed by atoms with Crippen LogP contribution in [-0.4, -0.2) is 23.0 Å². The van der Waals surface area contributed by atoms with Gasteiger partial charge in [0, 0.05) is 30.7 Å². The summed E-state index contributed by atoms with van der Waals surface area (Å²) in [6.45, 7) is 3.52. The van der Waals surface area contributed by atoms with Crippen LogP contribution >= 0.6 is 11.3 Å². The van der Waals surface area contributed by atoms with Crippen molar-refractivity contribution < 1.29 is 9.47 Å². The van der Waals surface area contributed by atoms with Crippen LogP contribution in [0.25, 0.3) is 0 Å². The van der Waals surface area contributed by atoms with E-state index in [9.17, 15) is 0 Å². The number of hydrogen-bond acceptors (Lipinski definition) is 6. The summed E-state index contributed by atoms with van der Waals surface area (Å²) in [7, 11) is 0. The number of benzene rings is 1. The Morgan fingerprint density at radius 3 is 3.00 bits per heavy atom.